The molecule has 0 fully saturated rings. The predicted octanol–water partition coefficient (Wildman–Crippen LogP) is 5.44. The zero-order valence-electron chi connectivity index (χ0n) is 11.8. The SMILES string of the molecule is CC[C@H](Oc1ccccc1Cl)C(=O)Nc1cccc(Cl)c1Cl. The van der Waals surface area contributed by atoms with Gasteiger partial charge >= 0.3 is 0 Å². The summed E-state index contributed by atoms with van der Waals surface area (Å²) in [5.41, 5.74) is 0.445. The Morgan fingerprint density at radius 3 is 2.45 bits per heavy atom. The van der Waals surface area contributed by atoms with Crippen LogP contribution in [0.4, 0.5) is 5.69 Å². The van der Waals surface area contributed by atoms with Crippen molar-refractivity contribution in [2.45, 2.75) is 19.4 Å². The van der Waals surface area contributed by atoms with E-state index in [1.165, 1.54) is 0 Å². The maximum absolute atomic E-state index is 12.3. The van der Waals surface area contributed by atoms with Crippen LogP contribution in [0.3, 0.4) is 0 Å². The lowest BCUT2D eigenvalue weighted by atomic mass is 10.2. The highest BCUT2D eigenvalue weighted by Crippen LogP contribution is 2.30. The number of carbonyl (C=O) groups is 1. The molecule has 0 saturated heterocycles. The fraction of sp³-hybridized carbons (Fsp3) is 0.188. The molecule has 22 heavy (non-hydrogen) atoms. The average Bonchev–Trinajstić information content (AvgIpc) is 2.51. The fourth-order valence-corrected chi connectivity index (χ4v) is 2.36. The summed E-state index contributed by atoms with van der Waals surface area (Å²) in [4.78, 5) is 12.3. The number of rotatable bonds is 5. The Hall–Kier alpha value is -1.42. The molecule has 2 aromatic carbocycles. The molecule has 0 heterocycles. The van der Waals surface area contributed by atoms with Gasteiger partial charge in [-0.2, -0.15) is 0 Å². The minimum atomic E-state index is -0.685. The van der Waals surface area contributed by atoms with Crippen LogP contribution in [0.25, 0.3) is 0 Å². The molecule has 0 spiro atoms. The van der Waals surface area contributed by atoms with Gasteiger partial charge in [0.05, 0.1) is 20.8 Å². The van der Waals surface area contributed by atoms with Crippen molar-refractivity contribution in [1.82, 2.24) is 0 Å². The molecule has 3 nitrogen and oxygen atoms in total. The number of hydrogen-bond donors (Lipinski definition) is 1. The maximum atomic E-state index is 12.3. The summed E-state index contributed by atoms with van der Waals surface area (Å²) in [5, 5.41) is 3.84. The molecule has 1 amide bonds. The highest BCUT2D eigenvalue weighted by molar-refractivity contribution is 6.44. The monoisotopic (exact) mass is 357 g/mol. The zero-order chi connectivity index (χ0) is 16.1. The van der Waals surface area contributed by atoms with E-state index in [4.69, 9.17) is 39.5 Å². The molecule has 0 aliphatic rings. The van der Waals surface area contributed by atoms with Crippen LogP contribution in [0, 0.1) is 0 Å². The van der Waals surface area contributed by atoms with Gasteiger partial charge in [0.1, 0.15) is 5.75 Å². The van der Waals surface area contributed by atoms with Crippen LogP contribution >= 0.6 is 34.8 Å². The number of para-hydroxylation sites is 1. The minimum Gasteiger partial charge on any atom is -0.479 e. The van der Waals surface area contributed by atoms with Crippen LogP contribution in [0.15, 0.2) is 42.5 Å². The normalized spacial score (nSPS) is 11.8. The zero-order valence-corrected chi connectivity index (χ0v) is 14.0. The fourth-order valence-electron chi connectivity index (χ4n) is 1.83. The van der Waals surface area contributed by atoms with Crippen LogP contribution in [-0.4, -0.2) is 12.0 Å². The van der Waals surface area contributed by atoms with E-state index in [9.17, 15) is 4.79 Å². The van der Waals surface area contributed by atoms with Crippen molar-refractivity contribution in [2.75, 3.05) is 5.32 Å². The smallest absolute Gasteiger partial charge is 0.265 e. The third-order valence-electron chi connectivity index (χ3n) is 2.98. The molecular formula is C16H14Cl3NO2. The Labute approximate surface area is 144 Å². The van der Waals surface area contributed by atoms with Crippen molar-refractivity contribution in [3.05, 3.63) is 57.5 Å². The van der Waals surface area contributed by atoms with Crippen molar-refractivity contribution < 1.29 is 9.53 Å². The van der Waals surface area contributed by atoms with E-state index in [0.29, 0.717) is 32.9 Å². The first-order chi connectivity index (χ1) is 10.5. The molecule has 0 saturated carbocycles. The summed E-state index contributed by atoms with van der Waals surface area (Å²) < 4.78 is 5.68. The lowest BCUT2D eigenvalue weighted by molar-refractivity contribution is -0.122. The molecule has 0 unspecified atom stereocenters. The minimum absolute atomic E-state index is 0.296. The largest absolute Gasteiger partial charge is 0.479 e. The van der Waals surface area contributed by atoms with Gasteiger partial charge in [0, 0.05) is 0 Å². The van der Waals surface area contributed by atoms with Gasteiger partial charge in [-0.25, -0.2) is 0 Å². The van der Waals surface area contributed by atoms with Gasteiger partial charge in [0.25, 0.3) is 5.91 Å². The Bertz CT molecular complexity index is 676. The summed E-state index contributed by atoms with van der Waals surface area (Å²) in [6.45, 7) is 1.85. The summed E-state index contributed by atoms with van der Waals surface area (Å²) in [5.74, 6) is 0.148. The molecule has 0 bridgehead atoms. The lowest BCUT2D eigenvalue weighted by Gasteiger charge is -2.18. The van der Waals surface area contributed by atoms with Gasteiger partial charge in [-0.15, -0.1) is 0 Å². The van der Waals surface area contributed by atoms with Crippen LogP contribution in [0.2, 0.25) is 15.1 Å². The number of nitrogens with one attached hydrogen (secondary N) is 1. The first kappa shape index (κ1) is 16.9. The Morgan fingerprint density at radius 2 is 1.77 bits per heavy atom. The van der Waals surface area contributed by atoms with Crippen molar-refractivity contribution in [3.63, 3.8) is 0 Å². The van der Waals surface area contributed by atoms with E-state index >= 15 is 0 Å². The number of benzene rings is 2. The van der Waals surface area contributed by atoms with E-state index in [-0.39, 0.29) is 5.91 Å². The van der Waals surface area contributed by atoms with Crippen molar-refractivity contribution >= 4 is 46.4 Å². The van der Waals surface area contributed by atoms with Crippen LogP contribution in [-0.2, 0) is 4.79 Å². The molecule has 6 heteroatoms. The second-order valence-electron chi connectivity index (χ2n) is 4.54. The Morgan fingerprint density at radius 1 is 1.09 bits per heavy atom. The molecule has 1 N–H and O–H groups in total. The van der Waals surface area contributed by atoms with Crippen molar-refractivity contribution in [1.29, 1.82) is 0 Å². The lowest BCUT2D eigenvalue weighted by Crippen LogP contribution is -2.32. The van der Waals surface area contributed by atoms with Crippen LogP contribution < -0.4 is 10.1 Å². The van der Waals surface area contributed by atoms with E-state index in [0.717, 1.165) is 0 Å². The Kier molecular flexibility index (Phi) is 5.95. The summed E-state index contributed by atoms with van der Waals surface area (Å²) in [7, 11) is 0. The topological polar surface area (TPSA) is 38.3 Å². The standard InChI is InChI=1S/C16H14Cl3NO2/c1-2-13(22-14-9-4-3-6-10(14)17)16(21)20-12-8-5-7-11(18)15(12)19/h3-9,13H,2H2,1H3,(H,20,21)/t13-/m0/s1. The molecule has 0 aliphatic carbocycles. The molecule has 1 atom stereocenters. The number of carbonyl (C=O) groups excluding carboxylic acids is 1. The van der Waals surface area contributed by atoms with Crippen molar-refractivity contribution in [2.24, 2.45) is 0 Å². The molecule has 0 aromatic heterocycles. The molecule has 0 radical (unpaired) electrons. The van der Waals surface area contributed by atoms with Gasteiger partial charge in [-0.1, -0.05) is 59.9 Å². The first-order valence-electron chi connectivity index (χ1n) is 6.69. The van der Waals surface area contributed by atoms with E-state index in [2.05, 4.69) is 5.32 Å². The number of anilines is 1. The van der Waals surface area contributed by atoms with Gasteiger partial charge in [0.2, 0.25) is 0 Å². The summed E-state index contributed by atoms with van der Waals surface area (Å²) >= 11 is 18.0. The quantitative estimate of drug-likeness (QED) is 0.772. The first-order valence-corrected chi connectivity index (χ1v) is 7.82. The maximum Gasteiger partial charge on any atom is 0.265 e. The van der Waals surface area contributed by atoms with Gasteiger partial charge < -0.3 is 10.1 Å². The van der Waals surface area contributed by atoms with Gasteiger partial charge in [0.15, 0.2) is 6.10 Å². The molecule has 2 rings (SSSR count). The summed E-state index contributed by atoms with van der Waals surface area (Å²) in [6, 6.07) is 12.0. The number of halogens is 3. The second kappa shape index (κ2) is 7.73. The van der Waals surface area contributed by atoms with Crippen LogP contribution in [0.1, 0.15) is 13.3 Å². The predicted molar refractivity (Wildman–Crippen MR) is 91.3 cm³/mol. The number of ether oxygens (including phenoxy) is 1. The average molecular weight is 359 g/mol. The Balaban J connectivity index is 2.12. The third-order valence-corrected chi connectivity index (χ3v) is 4.11. The van der Waals surface area contributed by atoms with E-state index in [1.54, 1.807) is 42.5 Å². The highest BCUT2D eigenvalue weighted by atomic mass is 35.5. The molecule has 116 valence electrons. The van der Waals surface area contributed by atoms with Gasteiger partial charge in [-0.05, 0) is 30.7 Å². The van der Waals surface area contributed by atoms with Crippen LogP contribution in [0.5, 0.6) is 5.75 Å². The summed E-state index contributed by atoms with van der Waals surface area (Å²) in [6.07, 6.45) is -0.204. The van der Waals surface area contributed by atoms with E-state index < -0.39 is 6.10 Å². The molecule has 0 aliphatic heterocycles. The number of hydrogen-bond acceptors (Lipinski definition) is 2. The second-order valence-corrected chi connectivity index (χ2v) is 5.73. The number of amides is 1. The molecular weight excluding hydrogens is 345 g/mol. The third kappa shape index (κ3) is 4.07. The highest BCUT2D eigenvalue weighted by Gasteiger charge is 2.20. The van der Waals surface area contributed by atoms with Crippen molar-refractivity contribution in [3.8, 4) is 5.75 Å². The van der Waals surface area contributed by atoms with E-state index in [1.807, 2.05) is 6.92 Å². The van der Waals surface area contributed by atoms with Gasteiger partial charge in [-0.3, -0.25) is 4.79 Å². The molecule has 2 aromatic rings.